The smallest absolute Gasteiger partial charge is 0.365 e. The number of alkyl halides is 3. The highest BCUT2D eigenvalue weighted by molar-refractivity contribution is 6.33. The Hall–Kier alpha value is -2.36. The van der Waals surface area contributed by atoms with Crippen molar-refractivity contribution < 1.29 is 13.2 Å². The summed E-state index contributed by atoms with van der Waals surface area (Å²) in [5, 5.41) is 4.25. The molecule has 152 valence electrons. The average Bonchev–Trinajstić information content (AvgIpc) is 2.62. The van der Waals surface area contributed by atoms with E-state index in [9.17, 15) is 18.0 Å². The van der Waals surface area contributed by atoms with Gasteiger partial charge in [0.25, 0.3) is 5.56 Å². The molecule has 0 atom stereocenters. The van der Waals surface area contributed by atoms with Gasteiger partial charge in [-0.05, 0) is 20.8 Å². The molecule has 11 heteroatoms. The number of hydrogen-bond donors (Lipinski definition) is 0. The number of piperazine rings is 1. The van der Waals surface area contributed by atoms with Crippen molar-refractivity contribution in [3.05, 3.63) is 39.2 Å². The Morgan fingerprint density at radius 3 is 2.29 bits per heavy atom. The molecule has 1 aliphatic rings. The van der Waals surface area contributed by atoms with E-state index in [0.29, 0.717) is 31.9 Å². The highest BCUT2D eigenvalue weighted by Gasteiger charge is 2.34. The quantitative estimate of drug-likeness (QED) is 0.766. The predicted molar refractivity (Wildman–Crippen MR) is 100 cm³/mol. The van der Waals surface area contributed by atoms with Gasteiger partial charge in [0.2, 0.25) is 0 Å². The number of hydrogen-bond acceptors (Lipinski definition) is 6. The summed E-state index contributed by atoms with van der Waals surface area (Å²) in [6.07, 6.45) is -2.97. The number of aryl methyl sites for hydroxylation is 1. The summed E-state index contributed by atoms with van der Waals surface area (Å²) in [5.41, 5.74) is -0.794. The maximum absolute atomic E-state index is 13.0. The molecule has 1 fully saturated rings. The molecule has 2 aromatic rings. The van der Waals surface area contributed by atoms with E-state index in [1.807, 2.05) is 18.7 Å². The van der Waals surface area contributed by atoms with Crippen molar-refractivity contribution in [2.75, 3.05) is 36.0 Å². The lowest BCUT2D eigenvalue weighted by Crippen LogP contribution is -2.47. The normalized spacial score (nSPS) is 15.4. The third kappa shape index (κ3) is 4.06. The van der Waals surface area contributed by atoms with E-state index in [0.717, 1.165) is 6.07 Å². The molecule has 3 heterocycles. The molecule has 0 N–H and O–H groups in total. The van der Waals surface area contributed by atoms with Crippen LogP contribution in [0.3, 0.4) is 0 Å². The number of halogens is 4. The molecule has 28 heavy (non-hydrogen) atoms. The van der Waals surface area contributed by atoms with Crippen molar-refractivity contribution >= 4 is 23.1 Å². The van der Waals surface area contributed by atoms with E-state index in [-0.39, 0.29) is 28.3 Å². The molecule has 0 amide bonds. The number of anilines is 2. The third-order valence-electron chi connectivity index (χ3n) is 4.47. The minimum atomic E-state index is -4.52. The van der Waals surface area contributed by atoms with Crippen LogP contribution in [-0.4, -0.2) is 45.9 Å². The van der Waals surface area contributed by atoms with Gasteiger partial charge in [-0.15, -0.1) is 0 Å². The Morgan fingerprint density at radius 2 is 1.71 bits per heavy atom. The van der Waals surface area contributed by atoms with E-state index in [4.69, 9.17) is 11.6 Å². The largest absolute Gasteiger partial charge is 0.433 e. The fourth-order valence-electron chi connectivity index (χ4n) is 3.06. The topological polar surface area (TPSA) is 67.2 Å². The number of aromatic nitrogens is 4. The SMILES string of the molecule is Cc1nc(N2CCN(c3cnn(C(C)C)c(=O)c3Cl)CC2)cc(C(F)(F)F)n1. The van der Waals surface area contributed by atoms with E-state index >= 15 is 0 Å². The first-order valence-electron chi connectivity index (χ1n) is 8.78. The van der Waals surface area contributed by atoms with Crippen LogP contribution in [0.4, 0.5) is 24.7 Å². The van der Waals surface area contributed by atoms with Gasteiger partial charge in [-0.1, -0.05) is 11.6 Å². The lowest BCUT2D eigenvalue weighted by Gasteiger charge is -2.37. The van der Waals surface area contributed by atoms with E-state index < -0.39 is 11.9 Å². The average molecular weight is 417 g/mol. The van der Waals surface area contributed by atoms with Gasteiger partial charge in [-0.3, -0.25) is 4.79 Å². The Labute approximate surface area is 164 Å². The van der Waals surface area contributed by atoms with Crippen molar-refractivity contribution in [1.29, 1.82) is 0 Å². The van der Waals surface area contributed by atoms with Crippen LogP contribution in [0, 0.1) is 6.92 Å². The van der Waals surface area contributed by atoms with Gasteiger partial charge in [0, 0.05) is 32.2 Å². The molecule has 2 aromatic heterocycles. The summed E-state index contributed by atoms with van der Waals surface area (Å²) >= 11 is 6.25. The molecule has 0 unspecified atom stereocenters. The Morgan fingerprint density at radius 1 is 1.11 bits per heavy atom. The first-order valence-corrected chi connectivity index (χ1v) is 9.16. The summed E-state index contributed by atoms with van der Waals surface area (Å²) in [6.45, 7) is 6.90. The maximum atomic E-state index is 13.0. The zero-order valence-corrected chi connectivity index (χ0v) is 16.4. The molecule has 0 aromatic carbocycles. The monoisotopic (exact) mass is 416 g/mol. The molecule has 7 nitrogen and oxygen atoms in total. The van der Waals surface area contributed by atoms with Gasteiger partial charge < -0.3 is 9.80 Å². The molecular formula is C17H20ClF3N6O. The van der Waals surface area contributed by atoms with Gasteiger partial charge in [0.1, 0.15) is 22.4 Å². The Balaban J connectivity index is 1.78. The van der Waals surface area contributed by atoms with Crippen molar-refractivity contribution in [2.24, 2.45) is 0 Å². The molecule has 1 saturated heterocycles. The second kappa shape index (κ2) is 7.57. The molecule has 0 aliphatic carbocycles. The highest BCUT2D eigenvalue weighted by Crippen LogP contribution is 2.30. The van der Waals surface area contributed by atoms with Crippen LogP contribution in [-0.2, 0) is 6.18 Å². The maximum Gasteiger partial charge on any atom is 0.433 e. The number of rotatable bonds is 3. The van der Waals surface area contributed by atoms with Gasteiger partial charge in [-0.2, -0.15) is 18.3 Å². The van der Waals surface area contributed by atoms with E-state index in [1.54, 1.807) is 11.1 Å². The van der Waals surface area contributed by atoms with Crippen molar-refractivity contribution in [2.45, 2.75) is 33.0 Å². The van der Waals surface area contributed by atoms with Gasteiger partial charge in [-0.25, -0.2) is 14.6 Å². The molecule has 0 bridgehead atoms. The Kier molecular flexibility index (Phi) is 5.51. The zero-order valence-electron chi connectivity index (χ0n) is 15.7. The van der Waals surface area contributed by atoms with Crippen molar-refractivity contribution in [1.82, 2.24) is 19.7 Å². The molecule has 0 radical (unpaired) electrons. The van der Waals surface area contributed by atoms with Crippen LogP contribution in [0.5, 0.6) is 0 Å². The summed E-state index contributed by atoms with van der Waals surface area (Å²) in [7, 11) is 0. The summed E-state index contributed by atoms with van der Waals surface area (Å²) < 4.78 is 40.3. The second-order valence-corrected chi connectivity index (χ2v) is 7.20. The first-order chi connectivity index (χ1) is 13.1. The van der Waals surface area contributed by atoms with Crippen molar-refractivity contribution in [3.8, 4) is 0 Å². The molecule has 1 aliphatic heterocycles. The highest BCUT2D eigenvalue weighted by atomic mass is 35.5. The molecule has 0 saturated carbocycles. The van der Waals surface area contributed by atoms with Crippen LogP contribution in [0.2, 0.25) is 5.02 Å². The number of nitrogens with zero attached hydrogens (tertiary/aromatic N) is 6. The fraction of sp³-hybridized carbons (Fsp3) is 0.529. The fourth-order valence-corrected chi connectivity index (χ4v) is 3.31. The van der Waals surface area contributed by atoms with Crippen LogP contribution in [0.25, 0.3) is 0 Å². The molecule has 3 rings (SSSR count). The summed E-state index contributed by atoms with van der Waals surface area (Å²) in [5.74, 6) is 0.302. The lowest BCUT2D eigenvalue weighted by molar-refractivity contribution is -0.141. The first kappa shape index (κ1) is 20.4. The van der Waals surface area contributed by atoms with Crippen LogP contribution < -0.4 is 15.4 Å². The van der Waals surface area contributed by atoms with Gasteiger partial charge in [0.15, 0.2) is 0 Å². The van der Waals surface area contributed by atoms with Gasteiger partial charge >= 0.3 is 6.18 Å². The molecule has 0 spiro atoms. The van der Waals surface area contributed by atoms with Crippen LogP contribution >= 0.6 is 11.6 Å². The van der Waals surface area contributed by atoms with Crippen molar-refractivity contribution in [3.63, 3.8) is 0 Å². The van der Waals surface area contributed by atoms with Crippen LogP contribution in [0.1, 0.15) is 31.4 Å². The second-order valence-electron chi connectivity index (χ2n) is 6.82. The minimum Gasteiger partial charge on any atom is -0.365 e. The van der Waals surface area contributed by atoms with E-state index in [2.05, 4.69) is 15.1 Å². The predicted octanol–water partition coefficient (Wildman–Crippen LogP) is 2.92. The van der Waals surface area contributed by atoms with E-state index in [1.165, 1.54) is 11.6 Å². The summed E-state index contributed by atoms with van der Waals surface area (Å²) in [6, 6.07) is 0.848. The third-order valence-corrected chi connectivity index (χ3v) is 4.83. The Bertz CT molecular complexity index is 922. The lowest BCUT2D eigenvalue weighted by atomic mass is 10.2. The minimum absolute atomic E-state index is 0.0665. The zero-order chi connectivity index (χ0) is 20.6. The van der Waals surface area contributed by atoms with Gasteiger partial charge in [0.05, 0.1) is 17.9 Å². The molecular weight excluding hydrogens is 397 g/mol. The summed E-state index contributed by atoms with van der Waals surface area (Å²) in [4.78, 5) is 23.6. The standard InChI is InChI=1S/C17H20ClF3N6O/c1-10(2)27-16(28)15(18)12(9-22-27)25-4-6-26(7-5-25)14-8-13(17(19,20)21)23-11(3)24-14/h8-10H,4-7H2,1-3H3. The van der Waals surface area contributed by atoms with Crippen LogP contribution in [0.15, 0.2) is 17.1 Å².